The molecule has 0 spiro atoms. The first-order valence-electron chi connectivity index (χ1n) is 8.43. The highest BCUT2D eigenvalue weighted by Gasteiger charge is 2.52. The third-order valence-corrected chi connectivity index (χ3v) is 4.31. The van der Waals surface area contributed by atoms with Crippen LogP contribution >= 0.6 is 0 Å². The van der Waals surface area contributed by atoms with E-state index in [1.165, 1.54) is 25.7 Å². The van der Waals surface area contributed by atoms with E-state index in [2.05, 4.69) is 6.92 Å². The lowest BCUT2D eigenvalue weighted by Gasteiger charge is -2.15. The van der Waals surface area contributed by atoms with E-state index in [-0.39, 0.29) is 19.2 Å². The molecule has 0 aromatic heterocycles. The molecular formula is C16H26O7. The maximum Gasteiger partial charge on any atom is 0.506 e. The number of hydrogen-bond acceptors (Lipinski definition) is 6. The fourth-order valence-electron chi connectivity index (χ4n) is 3.06. The molecule has 2 saturated heterocycles. The van der Waals surface area contributed by atoms with Gasteiger partial charge >= 0.3 is 12.1 Å². The highest BCUT2D eigenvalue weighted by atomic mass is 16.7. The molecule has 1 N–H and O–H groups in total. The number of rotatable bonds is 9. The monoisotopic (exact) mass is 330 g/mol. The Morgan fingerprint density at radius 2 is 1.74 bits per heavy atom. The van der Waals surface area contributed by atoms with E-state index in [1.807, 2.05) is 0 Å². The summed E-state index contributed by atoms with van der Waals surface area (Å²) in [5.41, 5.74) is 0. The zero-order valence-corrected chi connectivity index (χ0v) is 13.6. The third kappa shape index (κ3) is 5.07. The normalized spacial score (nSPS) is 29.3. The maximum absolute atomic E-state index is 12.1. The molecule has 0 aromatic carbocycles. The zero-order chi connectivity index (χ0) is 16.7. The van der Waals surface area contributed by atoms with Crippen molar-refractivity contribution in [3.63, 3.8) is 0 Å². The van der Waals surface area contributed by atoms with E-state index < -0.39 is 30.4 Å². The summed E-state index contributed by atoms with van der Waals surface area (Å²) in [7, 11) is 0. The van der Waals surface area contributed by atoms with Crippen LogP contribution in [0.2, 0.25) is 0 Å². The van der Waals surface area contributed by atoms with Gasteiger partial charge in [0.1, 0.15) is 18.1 Å². The minimum atomic E-state index is -1.36. The quantitative estimate of drug-likeness (QED) is 0.512. The number of ether oxygens (including phenoxy) is 4. The Bertz CT molecular complexity index is 398. The smallest absolute Gasteiger partial charge is 0.465 e. The Balaban J connectivity index is 1.65. The molecule has 23 heavy (non-hydrogen) atoms. The summed E-state index contributed by atoms with van der Waals surface area (Å²) in [5, 5.41) is 8.66. The standard InChI is InChI=1S/C16H26O7/c1-2-3-4-5-6-7-8-20-15(17)11-9-21-14-12(23-16(18)19)10-22-13(11)14/h11-14H,2-10H2,1H3,(H,18,19). The van der Waals surface area contributed by atoms with Gasteiger partial charge in [-0.25, -0.2) is 4.79 Å². The summed E-state index contributed by atoms with van der Waals surface area (Å²) in [6.45, 7) is 2.89. The highest BCUT2D eigenvalue weighted by molar-refractivity contribution is 5.74. The van der Waals surface area contributed by atoms with Gasteiger partial charge in [0.15, 0.2) is 6.10 Å². The van der Waals surface area contributed by atoms with Crippen molar-refractivity contribution in [2.24, 2.45) is 5.92 Å². The molecule has 0 amide bonds. The number of unbranched alkanes of at least 4 members (excludes halogenated alkanes) is 5. The van der Waals surface area contributed by atoms with Crippen LogP contribution in [0.4, 0.5) is 4.79 Å². The molecule has 4 atom stereocenters. The van der Waals surface area contributed by atoms with Gasteiger partial charge < -0.3 is 24.1 Å². The van der Waals surface area contributed by atoms with E-state index in [4.69, 9.17) is 24.1 Å². The van der Waals surface area contributed by atoms with Crippen LogP contribution in [0, 0.1) is 5.92 Å². The highest BCUT2D eigenvalue weighted by Crippen LogP contribution is 2.33. The van der Waals surface area contributed by atoms with Gasteiger partial charge in [-0.1, -0.05) is 39.0 Å². The van der Waals surface area contributed by atoms with Crippen LogP contribution in [0.15, 0.2) is 0 Å². The van der Waals surface area contributed by atoms with Crippen molar-refractivity contribution in [1.82, 2.24) is 0 Å². The van der Waals surface area contributed by atoms with E-state index in [0.717, 1.165) is 12.8 Å². The number of esters is 1. The lowest BCUT2D eigenvalue weighted by atomic mass is 10.0. The Hall–Kier alpha value is -1.34. The van der Waals surface area contributed by atoms with Crippen molar-refractivity contribution in [2.75, 3.05) is 19.8 Å². The minimum absolute atomic E-state index is 0.114. The van der Waals surface area contributed by atoms with Gasteiger partial charge in [-0.3, -0.25) is 4.79 Å². The molecule has 0 aromatic rings. The predicted octanol–water partition coefficient (Wildman–Crippen LogP) is 2.37. The first-order valence-corrected chi connectivity index (χ1v) is 8.43. The molecule has 2 rings (SSSR count). The molecule has 7 heteroatoms. The van der Waals surface area contributed by atoms with Gasteiger partial charge in [-0.2, -0.15) is 0 Å². The van der Waals surface area contributed by atoms with Crippen molar-refractivity contribution < 1.29 is 33.6 Å². The Kier molecular flexibility index (Phi) is 7.11. The topological polar surface area (TPSA) is 91.3 Å². The van der Waals surface area contributed by atoms with Crippen molar-refractivity contribution in [3.05, 3.63) is 0 Å². The number of hydrogen-bond donors (Lipinski definition) is 1. The average molecular weight is 330 g/mol. The molecule has 2 aliphatic heterocycles. The summed E-state index contributed by atoms with van der Waals surface area (Å²) in [5.74, 6) is -0.829. The zero-order valence-electron chi connectivity index (χ0n) is 13.6. The molecular weight excluding hydrogens is 304 g/mol. The van der Waals surface area contributed by atoms with Gasteiger partial charge in [-0.05, 0) is 6.42 Å². The molecule has 2 heterocycles. The van der Waals surface area contributed by atoms with Crippen LogP contribution in [-0.4, -0.2) is 55.4 Å². The van der Waals surface area contributed by atoms with Crippen molar-refractivity contribution in [3.8, 4) is 0 Å². The van der Waals surface area contributed by atoms with Gasteiger partial charge in [0.2, 0.25) is 0 Å². The second-order valence-electron chi connectivity index (χ2n) is 6.06. The predicted molar refractivity (Wildman–Crippen MR) is 80.2 cm³/mol. The van der Waals surface area contributed by atoms with E-state index >= 15 is 0 Å². The van der Waals surface area contributed by atoms with Crippen LogP contribution < -0.4 is 0 Å². The average Bonchev–Trinajstić information content (AvgIpc) is 3.09. The first-order chi connectivity index (χ1) is 11.1. The Morgan fingerprint density at radius 3 is 2.48 bits per heavy atom. The summed E-state index contributed by atoms with van der Waals surface area (Å²) in [6, 6.07) is 0. The van der Waals surface area contributed by atoms with Crippen LogP contribution in [0.3, 0.4) is 0 Å². The number of fused-ring (bicyclic) bond motifs is 1. The Morgan fingerprint density at radius 1 is 1.04 bits per heavy atom. The summed E-state index contributed by atoms with van der Waals surface area (Å²) in [6.07, 6.45) is 3.75. The second kappa shape index (κ2) is 9.08. The molecule has 0 bridgehead atoms. The lowest BCUT2D eigenvalue weighted by molar-refractivity contribution is -0.152. The van der Waals surface area contributed by atoms with Gasteiger partial charge in [-0.15, -0.1) is 0 Å². The van der Waals surface area contributed by atoms with Gasteiger partial charge in [0.05, 0.1) is 19.8 Å². The molecule has 2 aliphatic rings. The van der Waals surface area contributed by atoms with Crippen LogP contribution in [-0.2, 0) is 23.7 Å². The number of carbonyl (C=O) groups excluding carboxylic acids is 1. The summed E-state index contributed by atoms with van der Waals surface area (Å²) < 4.78 is 21.0. The first kappa shape index (κ1) is 18.0. The molecule has 4 unspecified atom stereocenters. The molecule has 132 valence electrons. The largest absolute Gasteiger partial charge is 0.506 e. The van der Waals surface area contributed by atoms with E-state index in [9.17, 15) is 9.59 Å². The van der Waals surface area contributed by atoms with Crippen LogP contribution in [0.25, 0.3) is 0 Å². The van der Waals surface area contributed by atoms with Gasteiger partial charge in [0.25, 0.3) is 0 Å². The lowest BCUT2D eigenvalue weighted by Crippen LogP contribution is -2.35. The molecule has 2 fully saturated rings. The molecule has 0 radical (unpaired) electrons. The molecule has 0 aliphatic carbocycles. The Labute approximate surface area is 136 Å². The van der Waals surface area contributed by atoms with Crippen molar-refractivity contribution in [2.45, 2.75) is 63.8 Å². The summed E-state index contributed by atoms with van der Waals surface area (Å²) in [4.78, 5) is 22.7. The maximum atomic E-state index is 12.1. The minimum Gasteiger partial charge on any atom is -0.465 e. The van der Waals surface area contributed by atoms with E-state index in [0.29, 0.717) is 6.61 Å². The fourth-order valence-corrected chi connectivity index (χ4v) is 3.06. The fraction of sp³-hybridized carbons (Fsp3) is 0.875. The molecule has 0 saturated carbocycles. The SMILES string of the molecule is CCCCCCCCOC(=O)C1COC2C(OC(=O)O)COC12. The number of carbonyl (C=O) groups is 2. The van der Waals surface area contributed by atoms with Crippen molar-refractivity contribution >= 4 is 12.1 Å². The number of carboxylic acid groups (broad SMARTS) is 1. The second-order valence-corrected chi connectivity index (χ2v) is 6.06. The third-order valence-electron chi connectivity index (χ3n) is 4.31. The van der Waals surface area contributed by atoms with Crippen molar-refractivity contribution in [1.29, 1.82) is 0 Å². The van der Waals surface area contributed by atoms with Crippen LogP contribution in [0.5, 0.6) is 0 Å². The molecule has 7 nitrogen and oxygen atoms in total. The van der Waals surface area contributed by atoms with Gasteiger partial charge in [0, 0.05) is 0 Å². The van der Waals surface area contributed by atoms with Crippen LogP contribution in [0.1, 0.15) is 45.4 Å². The summed E-state index contributed by atoms with van der Waals surface area (Å²) >= 11 is 0. The van der Waals surface area contributed by atoms with E-state index in [1.54, 1.807) is 0 Å².